The third-order valence-electron chi connectivity index (χ3n) is 2.57. The second-order valence-corrected chi connectivity index (χ2v) is 5.91. The third-order valence-corrected chi connectivity index (χ3v) is 5.20. The maximum atomic E-state index is 12.4. The molecule has 5 nitrogen and oxygen atoms in total. The average molecular weight is 271 g/mol. The van der Waals surface area contributed by atoms with E-state index in [4.69, 9.17) is 0 Å². The molecule has 2 rings (SSSR count). The monoisotopic (exact) mass is 271 g/mol. The summed E-state index contributed by atoms with van der Waals surface area (Å²) in [7, 11) is -3.46. The van der Waals surface area contributed by atoms with Crippen molar-refractivity contribution < 1.29 is 8.42 Å². The lowest BCUT2D eigenvalue weighted by Gasteiger charge is -2.18. The first-order valence-corrected chi connectivity index (χ1v) is 7.49. The Hall–Kier alpha value is -1.05. The summed E-state index contributed by atoms with van der Waals surface area (Å²) in [5.74, 6) is 0. The molecule has 0 saturated carbocycles. The van der Waals surface area contributed by atoms with Crippen LogP contribution in [0.3, 0.4) is 0 Å². The van der Waals surface area contributed by atoms with E-state index >= 15 is 0 Å². The van der Waals surface area contributed by atoms with E-state index in [1.807, 2.05) is 13.8 Å². The number of benzene rings is 1. The molecule has 2 aromatic rings. The van der Waals surface area contributed by atoms with Crippen molar-refractivity contribution in [1.82, 2.24) is 13.1 Å². The van der Waals surface area contributed by atoms with Crippen LogP contribution in [0.15, 0.2) is 23.1 Å². The van der Waals surface area contributed by atoms with Gasteiger partial charge in [0.05, 0.1) is 11.7 Å². The number of fused-ring (bicyclic) bond motifs is 1. The largest absolute Gasteiger partial charge is 0.245 e. The van der Waals surface area contributed by atoms with E-state index in [0.717, 1.165) is 11.7 Å². The molecule has 0 saturated heterocycles. The number of sulfonamides is 1. The molecule has 0 bridgehead atoms. The summed E-state index contributed by atoms with van der Waals surface area (Å²) in [4.78, 5) is 0.243. The summed E-state index contributed by atoms with van der Waals surface area (Å²) in [6.45, 7) is 4.54. The topological polar surface area (TPSA) is 63.2 Å². The van der Waals surface area contributed by atoms with Gasteiger partial charge in [0, 0.05) is 13.1 Å². The predicted molar refractivity (Wildman–Crippen MR) is 67.5 cm³/mol. The van der Waals surface area contributed by atoms with Crippen LogP contribution in [0.25, 0.3) is 11.0 Å². The van der Waals surface area contributed by atoms with Crippen LogP contribution in [0.2, 0.25) is 0 Å². The molecule has 0 aliphatic carbocycles. The van der Waals surface area contributed by atoms with E-state index in [2.05, 4.69) is 8.75 Å². The van der Waals surface area contributed by atoms with Gasteiger partial charge in [-0.2, -0.15) is 13.1 Å². The number of hydrogen-bond acceptors (Lipinski definition) is 5. The number of hydrogen-bond donors (Lipinski definition) is 0. The lowest BCUT2D eigenvalue weighted by atomic mass is 10.3. The molecule has 7 heteroatoms. The van der Waals surface area contributed by atoms with Crippen LogP contribution in [0.1, 0.15) is 13.8 Å². The van der Waals surface area contributed by atoms with Gasteiger partial charge in [-0.05, 0) is 12.1 Å². The van der Waals surface area contributed by atoms with Gasteiger partial charge in [0.1, 0.15) is 15.9 Å². The van der Waals surface area contributed by atoms with Crippen molar-refractivity contribution in [2.24, 2.45) is 0 Å². The van der Waals surface area contributed by atoms with Gasteiger partial charge in [-0.1, -0.05) is 19.9 Å². The number of aromatic nitrogens is 2. The molecule has 0 aliphatic heterocycles. The van der Waals surface area contributed by atoms with Crippen molar-refractivity contribution in [2.75, 3.05) is 13.1 Å². The molecule has 0 radical (unpaired) electrons. The standard InChI is InChI=1S/C10H13N3O2S2/c1-3-13(4-2)17(14,15)9-7-5-6-8-10(9)12-16-11-8/h5-7H,3-4H2,1-2H3. The molecule has 1 aromatic heterocycles. The van der Waals surface area contributed by atoms with Crippen LogP contribution < -0.4 is 0 Å². The molecule has 0 amide bonds. The summed E-state index contributed by atoms with van der Waals surface area (Å²) < 4.78 is 34.3. The molecule has 0 spiro atoms. The summed E-state index contributed by atoms with van der Waals surface area (Å²) >= 11 is 1.03. The Morgan fingerprint density at radius 3 is 2.59 bits per heavy atom. The fourth-order valence-electron chi connectivity index (χ4n) is 1.69. The highest BCUT2D eigenvalue weighted by Gasteiger charge is 2.24. The van der Waals surface area contributed by atoms with Crippen LogP contribution in [-0.4, -0.2) is 34.6 Å². The van der Waals surface area contributed by atoms with Crippen LogP contribution in [0.4, 0.5) is 0 Å². The fourth-order valence-corrected chi connectivity index (χ4v) is 3.90. The van der Waals surface area contributed by atoms with Gasteiger partial charge in [-0.15, -0.1) is 0 Å². The van der Waals surface area contributed by atoms with Crippen LogP contribution >= 0.6 is 11.7 Å². The van der Waals surface area contributed by atoms with E-state index in [0.29, 0.717) is 24.1 Å². The van der Waals surface area contributed by atoms with Gasteiger partial charge in [0.2, 0.25) is 10.0 Å². The molecule has 0 fully saturated rings. The minimum atomic E-state index is -3.46. The quantitative estimate of drug-likeness (QED) is 0.849. The van der Waals surface area contributed by atoms with E-state index in [1.165, 1.54) is 4.31 Å². The zero-order valence-corrected chi connectivity index (χ0v) is 11.3. The Balaban J connectivity index is 2.64. The zero-order valence-electron chi connectivity index (χ0n) is 9.62. The average Bonchev–Trinajstić information content (AvgIpc) is 2.77. The van der Waals surface area contributed by atoms with Gasteiger partial charge in [0.25, 0.3) is 0 Å². The van der Waals surface area contributed by atoms with Crippen molar-refractivity contribution in [1.29, 1.82) is 0 Å². The molecule has 0 N–H and O–H groups in total. The first-order valence-electron chi connectivity index (χ1n) is 5.32. The van der Waals surface area contributed by atoms with Gasteiger partial charge in [0.15, 0.2) is 0 Å². The molecule has 1 heterocycles. The minimum absolute atomic E-state index is 0.243. The van der Waals surface area contributed by atoms with Crippen LogP contribution in [0, 0.1) is 0 Å². The maximum Gasteiger partial charge on any atom is 0.245 e. The van der Waals surface area contributed by atoms with Crippen molar-refractivity contribution in [3.05, 3.63) is 18.2 Å². The normalized spacial score (nSPS) is 12.4. The summed E-state index contributed by atoms with van der Waals surface area (Å²) in [5, 5.41) is 0. The second-order valence-electron chi connectivity index (χ2n) is 3.48. The highest BCUT2D eigenvalue weighted by Crippen LogP contribution is 2.23. The SMILES string of the molecule is CCN(CC)S(=O)(=O)c1cccc2nsnc12. The summed E-state index contributed by atoms with van der Waals surface area (Å²) in [6, 6.07) is 5.04. The fraction of sp³-hybridized carbons (Fsp3) is 0.400. The third kappa shape index (κ3) is 2.05. The lowest BCUT2D eigenvalue weighted by molar-refractivity contribution is 0.446. The van der Waals surface area contributed by atoms with E-state index < -0.39 is 10.0 Å². The Kier molecular flexibility index (Phi) is 3.41. The van der Waals surface area contributed by atoms with Crippen molar-refractivity contribution in [3.8, 4) is 0 Å². The maximum absolute atomic E-state index is 12.4. The molecule has 1 aromatic carbocycles. The summed E-state index contributed by atoms with van der Waals surface area (Å²) in [6.07, 6.45) is 0. The lowest BCUT2D eigenvalue weighted by Crippen LogP contribution is -2.30. The first-order chi connectivity index (χ1) is 8.11. The van der Waals surface area contributed by atoms with Crippen LogP contribution in [0.5, 0.6) is 0 Å². The highest BCUT2D eigenvalue weighted by atomic mass is 32.2. The summed E-state index contributed by atoms with van der Waals surface area (Å²) in [5.41, 5.74) is 1.09. The van der Waals surface area contributed by atoms with Crippen molar-refractivity contribution in [2.45, 2.75) is 18.7 Å². The minimum Gasteiger partial charge on any atom is -0.207 e. The van der Waals surface area contributed by atoms with Crippen LogP contribution in [-0.2, 0) is 10.0 Å². The Morgan fingerprint density at radius 1 is 1.24 bits per heavy atom. The number of nitrogens with zero attached hydrogens (tertiary/aromatic N) is 3. The smallest absolute Gasteiger partial charge is 0.207 e. The molecule has 17 heavy (non-hydrogen) atoms. The molecule has 0 atom stereocenters. The van der Waals surface area contributed by atoms with E-state index in [9.17, 15) is 8.42 Å². The number of rotatable bonds is 4. The van der Waals surface area contributed by atoms with E-state index in [-0.39, 0.29) is 4.90 Å². The van der Waals surface area contributed by atoms with Gasteiger partial charge < -0.3 is 0 Å². The predicted octanol–water partition coefficient (Wildman–Crippen LogP) is 1.72. The highest BCUT2D eigenvalue weighted by molar-refractivity contribution is 7.89. The van der Waals surface area contributed by atoms with Gasteiger partial charge in [-0.25, -0.2) is 8.42 Å². The second kappa shape index (κ2) is 4.67. The Bertz CT molecular complexity index is 617. The van der Waals surface area contributed by atoms with Crippen molar-refractivity contribution in [3.63, 3.8) is 0 Å². The molecule has 0 unspecified atom stereocenters. The first kappa shape index (κ1) is 12.4. The van der Waals surface area contributed by atoms with E-state index in [1.54, 1.807) is 18.2 Å². The zero-order chi connectivity index (χ0) is 12.5. The Labute approximate surface area is 104 Å². The molecule has 92 valence electrons. The van der Waals surface area contributed by atoms with Crippen molar-refractivity contribution >= 4 is 32.8 Å². The Morgan fingerprint density at radius 2 is 1.94 bits per heavy atom. The van der Waals surface area contributed by atoms with Gasteiger partial charge >= 0.3 is 0 Å². The van der Waals surface area contributed by atoms with Gasteiger partial charge in [-0.3, -0.25) is 0 Å². The molecular formula is C10H13N3O2S2. The molecular weight excluding hydrogens is 258 g/mol. The molecule has 0 aliphatic rings.